The Morgan fingerprint density at radius 3 is 2.61 bits per heavy atom. The summed E-state index contributed by atoms with van der Waals surface area (Å²) in [7, 11) is 7.49. The standard InChI is InChI=1S/C25H32N8O3/c1-25(2,3)36-24(34)29-18-9-8-15(10-21(18)35-7)17-12-20(33-22(17)23(26)27-14-28-33)19-11-16(13-31(4)5)32(6)30-19/h8-12,14H,13H2,1-7H3,(H,29,34)(H2,26,27,28). The highest BCUT2D eigenvalue weighted by Crippen LogP contribution is 2.38. The van der Waals surface area contributed by atoms with Gasteiger partial charge in [-0.2, -0.15) is 10.2 Å². The Bertz CT molecular complexity index is 1410. The molecule has 0 fully saturated rings. The van der Waals surface area contributed by atoms with Crippen LogP contribution in [0.4, 0.5) is 16.3 Å². The first kappa shape index (κ1) is 25.0. The van der Waals surface area contributed by atoms with E-state index in [0.717, 1.165) is 34.8 Å². The number of carbonyl (C=O) groups excluding carboxylic acids is 1. The SMILES string of the molecule is COc1cc(-c2cc(-c3cc(CN(C)C)n(C)n3)n3ncnc(N)c23)ccc1NC(=O)OC(C)(C)C. The highest BCUT2D eigenvalue weighted by molar-refractivity contribution is 5.93. The Kier molecular flexibility index (Phi) is 6.59. The largest absolute Gasteiger partial charge is 0.495 e. The van der Waals surface area contributed by atoms with Gasteiger partial charge in [-0.1, -0.05) is 6.07 Å². The Hall–Kier alpha value is -4.12. The number of methoxy groups -OCH3 is 1. The highest BCUT2D eigenvalue weighted by atomic mass is 16.6. The van der Waals surface area contributed by atoms with Gasteiger partial charge in [0.2, 0.25) is 0 Å². The molecule has 36 heavy (non-hydrogen) atoms. The smallest absolute Gasteiger partial charge is 0.412 e. The van der Waals surface area contributed by atoms with Crippen molar-refractivity contribution in [3.8, 4) is 28.3 Å². The fourth-order valence-corrected chi connectivity index (χ4v) is 3.95. The van der Waals surface area contributed by atoms with Gasteiger partial charge in [0.25, 0.3) is 0 Å². The third-order valence-corrected chi connectivity index (χ3v) is 5.45. The molecule has 0 atom stereocenters. The van der Waals surface area contributed by atoms with E-state index >= 15 is 0 Å². The fourth-order valence-electron chi connectivity index (χ4n) is 3.95. The first-order valence-electron chi connectivity index (χ1n) is 11.5. The maximum Gasteiger partial charge on any atom is 0.412 e. The second-order valence-corrected chi connectivity index (χ2v) is 9.77. The van der Waals surface area contributed by atoms with Gasteiger partial charge in [-0.25, -0.2) is 14.3 Å². The van der Waals surface area contributed by atoms with Gasteiger partial charge < -0.3 is 20.1 Å². The normalized spacial score (nSPS) is 11.8. The number of anilines is 2. The van der Waals surface area contributed by atoms with Crippen molar-refractivity contribution in [3.63, 3.8) is 0 Å². The zero-order chi connectivity index (χ0) is 26.2. The Balaban J connectivity index is 1.78. The Labute approximate surface area is 209 Å². The molecule has 0 spiro atoms. The molecule has 0 aliphatic heterocycles. The minimum absolute atomic E-state index is 0.339. The molecule has 190 valence electrons. The number of rotatable bonds is 6. The lowest BCUT2D eigenvalue weighted by molar-refractivity contribution is 0.0635. The zero-order valence-electron chi connectivity index (χ0n) is 21.7. The van der Waals surface area contributed by atoms with E-state index < -0.39 is 11.7 Å². The number of fused-ring (bicyclic) bond motifs is 1. The number of nitrogen functional groups attached to an aromatic ring is 1. The van der Waals surface area contributed by atoms with Crippen LogP contribution in [0.5, 0.6) is 5.75 Å². The van der Waals surface area contributed by atoms with Crippen LogP contribution in [0.15, 0.2) is 36.7 Å². The molecule has 0 saturated carbocycles. The summed E-state index contributed by atoms with van der Waals surface area (Å²) in [5.41, 5.74) is 11.1. The van der Waals surface area contributed by atoms with Crippen LogP contribution in [0.2, 0.25) is 0 Å². The van der Waals surface area contributed by atoms with Crippen LogP contribution in [0.1, 0.15) is 26.5 Å². The summed E-state index contributed by atoms with van der Waals surface area (Å²) >= 11 is 0. The number of nitrogens with zero attached hydrogens (tertiary/aromatic N) is 6. The van der Waals surface area contributed by atoms with Gasteiger partial charge in [0.05, 0.1) is 24.2 Å². The van der Waals surface area contributed by atoms with E-state index in [9.17, 15) is 4.79 Å². The minimum Gasteiger partial charge on any atom is -0.495 e. The van der Waals surface area contributed by atoms with Crippen LogP contribution < -0.4 is 15.8 Å². The fraction of sp³-hybridized carbons (Fsp3) is 0.360. The average molecular weight is 493 g/mol. The highest BCUT2D eigenvalue weighted by Gasteiger charge is 2.21. The van der Waals surface area contributed by atoms with E-state index in [2.05, 4.69) is 20.3 Å². The van der Waals surface area contributed by atoms with Crippen LogP contribution in [0, 0.1) is 0 Å². The first-order chi connectivity index (χ1) is 17.0. The molecule has 11 heteroatoms. The molecule has 3 N–H and O–H groups in total. The van der Waals surface area contributed by atoms with Gasteiger partial charge in [0.1, 0.15) is 28.9 Å². The third-order valence-electron chi connectivity index (χ3n) is 5.45. The summed E-state index contributed by atoms with van der Waals surface area (Å²) in [6, 6.07) is 9.48. The van der Waals surface area contributed by atoms with Crippen molar-refractivity contribution in [2.45, 2.75) is 32.9 Å². The zero-order valence-corrected chi connectivity index (χ0v) is 21.7. The number of hydrogen-bond acceptors (Lipinski definition) is 8. The van der Waals surface area contributed by atoms with Gasteiger partial charge in [-0.05, 0) is 64.7 Å². The van der Waals surface area contributed by atoms with Crippen LogP contribution in [0.3, 0.4) is 0 Å². The van der Waals surface area contributed by atoms with Crippen LogP contribution in [0.25, 0.3) is 28.0 Å². The quantitative estimate of drug-likeness (QED) is 0.416. The molecule has 1 aromatic carbocycles. The lowest BCUT2D eigenvalue weighted by Gasteiger charge is -2.20. The minimum atomic E-state index is -0.617. The van der Waals surface area contributed by atoms with Gasteiger partial charge in [0, 0.05) is 19.2 Å². The number of aromatic nitrogens is 5. The van der Waals surface area contributed by atoms with Gasteiger partial charge in [-0.15, -0.1) is 0 Å². The summed E-state index contributed by atoms with van der Waals surface area (Å²) in [5.74, 6) is 0.811. The van der Waals surface area contributed by atoms with Gasteiger partial charge in [-0.3, -0.25) is 10.00 Å². The maximum atomic E-state index is 12.3. The lowest BCUT2D eigenvalue weighted by atomic mass is 10.1. The second kappa shape index (κ2) is 9.50. The lowest BCUT2D eigenvalue weighted by Crippen LogP contribution is -2.27. The number of nitrogens with two attached hydrogens (primary N) is 1. The summed E-state index contributed by atoms with van der Waals surface area (Å²) in [6.07, 6.45) is 0.861. The van der Waals surface area contributed by atoms with Crippen LogP contribution >= 0.6 is 0 Å². The molecule has 0 aliphatic carbocycles. The molecule has 0 saturated heterocycles. The molecule has 3 aromatic heterocycles. The summed E-state index contributed by atoms with van der Waals surface area (Å²) in [5, 5.41) is 11.9. The molecule has 1 amide bonds. The van der Waals surface area contributed by atoms with Crippen molar-refractivity contribution in [3.05, 3.63) is 42.4 Å². The van der Waals surface area contributed by atoms with E-state index in [-0.39, 0.29) is 0 Å². The molecule has 4 rings (SSSR count). The number of benzene rings is 1. The van der Waals surface area contributed by atoms with Crippen molar-refractivity contribution in [2.24, 2.45) is 7.05 Å². The first-order valence-corrected chi connectivity index (χ1v) is 11.5. The van der Waals surface area contributed by atoms with E-state index in [4.69, 9.17) is 20.3 Å². The molecule has 3 heterocycles. The van der Waals surface area contributed by atoms with Gasteiger partial charge >= 0.3 is 6.09 Å². The van der Waals surface area contributed by atoms with Crippen molar-refractivity contribution < 1.29 is 14.3 Å². The number of ether oxygens (including phenoxy) is 2. The van der Waals surface area contributed by atoms with E-state index in [1.165, 1.54) is 6.33 Å². The Morgan fingerprint density at radius 1 is 1.19 bits per heavy atom. The predicted octanol–water partition coefficient (Wildman–Crippen LogP) is 3.80. The van der Waals surface area contributed by atoms with E-state index in [0.29, 0.717) is 22.8 Å². The molecule has 4 aromatic rings. The molecular formula is C25H32N8O3. The predicted molar refractivity (Wildman–Crippen MR) is 139 cm³/mol. The number of amides is 1. The second-order valence-electron chi connectivity index (χ2n) is 9.77. The molecule has 0 aliphatic rings. The number of hydrogen-bond donors (Lipinski definition) is 2. The monoisotopic (exact) mass is 492 g/mol. The van der Waals surface area contributed by atoms with E-state index in [1.54, 1.807) is 38.5 Å². The molecular weight excluding hydrogens is 460 g/mol. The third kappa shape index (κ3) is 5.10. The number of aryl methyl sites for hydroxylation is 1. The molecule has 0 radical (unpaired) electrons. The topological polar surface area (TPSA) is 125 Å². The van der Waals surface area contributed by atoms with Crippen molar-refractivity contribution in [1.29, 1.82) is 0 Å². The van der Waals surface area contributed by atoms with Crippen molar-refractivity contribution in [1.82, 2.24) is 29.3 Å². The van der Waals surface area contributed by atoms with Gasteiger partial charge in [0.15, 0.2) is 5.82 Å². The van der Waals surface area contributed by atoms with Crippen LogP contribution in [-0.4, -0.2) is 62.2 Å². The van der Waals surface area contributed by atoms with Crippen LogP contribution in [-0.2, 0) is 18.3 Å². The van der Waals surface area contributed by atoms with Crippen molar-refractivity contribution in [2.75, 3.05) is 32.3 Å². The average Bonchev–Trinajstić information content (AvgIpc) is 3.34. The summed E-state index contributed by atoms with van der Waals surface area (Å²) in [6.45, 7) is 6.17. The summed E-state index contributed by atoms with van der Waals surface area (Å²) < 4.78 is 14.5. The number of carbonyl (C=O) groups is 1. The molecule has 0 bridgehead atoms. The summed E-state index contributed by atoms with van der Waals surface area (Å²) in [4.78, 5) is 18.6. The molecule has 11 nitrogen and oxygen atoms in total. The maximum absolute atomic E-state index is 12.3. The van der Waals surface area contributed by atoms with E-state index in [1.807, 2.05) is 50.1 Å². The Morgan fingerprint density at radius 2 is 1.94 bits per heavy atom. The molecule has 0 unspecified atom stereocenters. The number of nitrogens with one attached hydrogen (secondary N) is 1. The van der Waals surface area contributed by atoms with Crippen molar-refractivity contribution >= 4 is 23.1 Å².